The second-order valence-corrected chi connectivity index (χ2v) is 8.89. The highest BCUT2D eigenvalue weighted by Crippen LogP contribution is 2.43. The van der Waals surface area contributed by atoms with Crippen LogP contribution in [0, 0.1) is 0 Å². The van der Waals surface area contributed by atoms with Gasteiger partial charge in [0.2, 0.25) is 5.91 Å². The highest BCUT2D eigenvalue weighted by atomic mass is 16.4. The number of phenolic OH excluding ortho intramolecular Hbond substituents is 2. The standard InChI is InChI=1S/C29H30N2O5/c1-20(32)30(17-7-3-6-10-27(35)36)29-25-18-24(34)15-16-26(25)31(19-21-8-4-2-5-9-21)28(29)22-11-13-23(33)14-12-22/h2,4-5,8-9,11-16,18,33-34H,3,6-7,10,17,19H2,1H3,(H,35,36). The molecule has 0 aliphatic rings. The van der Waals surface area contributed by atoms with Crippen LogP contribution in [0.3, 0.4) is 0 Å². The number of fused-ring (bicyclic) bond motifs is 1. The number of carboxylic acid groups (broad SMARTS) is 1. The molecule has 1 aromatic heterocycles. The maximum absolute atomic E-state index is 13.0. The Labute approximate surface area is 209 Å². The molecule has 0 aliphatic carbocycles. The summed E-state index contributed by atoms with van der Waals surface area (Å²) >= 11 is 0. The minimum Gasteiger partial charge on any atom is -0.508 e. The quantitative estimate of drug-likeness (QED) is 0.247. The van der Waals surface area contributed by atoms with E-state index in [1.54, 1.807) is 29.2 Å². The maximum atomic E-state index is 13.0. The first kappa shape index (κ1) is 24.9. The van der Waals surface area contributed by atoms with Gasteiger partial charge in [-0.2, -0.15) is 0 Å². The Morgan fingerprint density at radius 1 is 0.861 bits per heavy atom. The van der Waals surface area contributed by atoms with E-state index in [2.05, 4.69) is 4.57 Å². The minimum atomic E-state index is -0.826. The molecule has 7 nitrogen and oxygen atoms in total. The van der Waals surface area contributed by atoms with E-state index < -0.39 is 5.97 Å². The number of carboxylic acids is 1. The van der Waals surface area contributed by atoms with E-state index in [1.165, 1.54) is 6.92 Å². The summed E-state index contributed by atoms with van der Waals surface area (Å²) in [6, 6.07) is 22.0. The number of phenols is 2. The normalized spacial score (nSPS) is 11.0. The second-order valence-electron chi connectivity index (χ2n) is 8.89. The first-order valence-corrected chi connectivity index (χ1v) is 12.0. The molecule has 4 rings (SSSR count). The van der Waals surface area contributed by atoms with Crippen LogP contribution in [0.15, 0.2) is 72.8 Å². The van der Waals surface area contributed by atoms with E-state index in [-0.39, 0.29) is 23.8 Å². The largest absolute Gasteiger partial charge is 0.508 e. The van der Waals surface area contributed by atoms with Crippen LogP contribution in [0.1, 0.15) is 38.2 Å². The molecule has 0 saturated heterocycles. The number of benzene rings is 3. The summed E-state index contributed by atoms with van der Waals surface area (Å²) in [5.74, 6) is -0.726. The fourth-order valence-electron chi connectivity index (χ4n) is 4.59. The molecule has 186 valence electrons. The van der Waals surface area contributed by atoms with Gasteiger partial charge in [-0.25, -0.2) is 0 Å². The lowest BCUT2D eigenvalue weighted by Gasteiger charge is -2.23. The molecule has 3 N–H and O–H groups in total. The Morgan fingerprint density at radius 2 is 1.56 bits per heavy atom. The molecular formula is C29H30N2O5. The van der Waals surface area contributed by atoms with Crippen molar-refractivity contribution in [3.05, 3.63) is 78.4 Å². The maximum Gasteiger partial charge on any atom is 0.303 e. The van der Waals surface area contributed by atoms with E-state index in [0.29, 0.717) is 38.0 Å². The smallest absolute Gasteiger partial charge is 0.303 e. The molecule has 0 aliphatic heterocycles. The molecule has 4 aromatic rings. The lowest BCUT2D eigenvalue weighted by Crippen LogP contribution is -2.30. The van der Waals surface area contributed by atoms with Crippen LogP contribution in [0.25, 0.3) is 22.2 Å². The average Bonchev–Trinajstić information content (AvgIpc) is 3.14. The summed E-state index contributed by atoms with van der Waals surface area (Å²) in [6.07, 6.45) is 1.97. The third-order valence-electron chi connectivity index (χ3n) is 6.27. The van der Waals surface area contributed by atoms with Crippen LogP contribution in [-0.2, 0) is 16.1 Å². The molecule has 7 heteroatoms. The van der Waals surface area contributed by atoms with Gasteiger partial charge in [-0.3, -0.25) is 9.59 Å². The van der Waals surface area contributed by atoms with Crippen molar-refractivity contribution in [3.8, 4) is 22.8 Å². The van der Waals surface area contributed by atoms with Crippen molar-refractivity contribution in [3.63, 3.8) is 0 Å². The molecule has 1 amide bonds. The van der Waals surface area contributed by atoms with E-state index in [0.717, 1.165) is 27.7 Å². The monoisotopic (exact) mass is 486 g/mol. The van der Waals surface area contributed by atoms with Crippen molar-refractivity contribution in [2.75, 3.05) is 11.4 Å². The van der Waals surface area contributed by atoms with Gasteiger partial charge >= 0.3 is 5.97 Å². The highest BCUT2D eigenvalue weighted by Gasteiger charge is 2.26. The third-order valence-corrected chi connectivity index (χ3v) is 6.27. The molecule has 0 fully saturated rings. The molecule has 0 bridgehead atoms. The number of nitrogens with zero attached hydrogens (tertiary/aromatic N) is 2. The van der Waals surface area contributed by atoms with Gasteiger partial charge in [-0.05, 0) is 60.9 Å². The van der Waals surface area contributed by atoms with E-state index in [1.807, 2.05) is 48.5 Å². The average molecular weight is 487 g/mol. The summed E-state index contributed by atoms with van der Waals surface area (Å²) in [4.78, 5) is 25.6. The number of amides is 1. The topological polar surface area (TPSA) is 103 Å². The number of anilines is 1. The van der Waals surface area contributed by atoms with Crippen molar-refractivity contribution in [1.82, 2.24) is 4.57 Å². The number of hydrogen-bond acceptors (Lipinski definition) is 4. The number of aromatic hydroxyl groups is 2. The summed E-state index contributed by atoms with van der Waals surface area (Å²) in [5, 5.41) is 30.0. The van der Waals surface area contributed by atoms with Gasteiger partial charge < -0.3 is 24.8 Å². The molecule has 0 atom stereocenters. The van der Waals surface area contributed by atoms with Crippen LogP contribution in [0.4, 0.5) is 5.69 Å². The summed E-state index contributed by atoms with van der Waals surface area (Å²) < 4.78 is 2.13. The molecule has 0 spiro atoms. The number of rotatable bonds is 10. The number of unbranched alkanes of at least 4 members (excludes halogenated alkanes) is 2. The van der Waals surface area contributed by atoms with Gasteiger partial charge in [-0.15, -0.1) is 0 Å². The van der Waals surface area contributed by atoms with Crippen LogP contribution in [-0.4, -0.2) is 38.3 Å². The first-order valence-electron chi connectivity index (χ1n) is 12.0. The fraction of sp³-hybridized carbons (Fsp3) is 0.241. The predicted molar refractivity (Wildman–Crippen MR) is 140 cm³/mol. The van der Waals surface area contributed by atoms with Crippen molar-refractivity contribution < 1.29 is 24.9 Å². The predicted octanol–water partition coefficient (Wildman–Crippen LogP) is 5.77. The summed E-state index contributed by atoms with van der Waals surface area (Å²) in [6.45, 7) is 2.48. The van der Waals surface area contributed by atoms with Gasteiger partial charge in [0.1, 0.15) is 11.5 Å². The van der Waals surface area contributed by atoms with Crippen molar-refractivity contribution in [2.24, 2.45) is 0 Å². The lowest BCUT2D eigenvalue weighted by atomic mass is 10.1. The van der Waals surface area contributed by atoms with E-state index >= 15 is 0 Å². The van der Waals surface area contributed by atoms with E-state index in [4.69, 9.17) is 5.11 Å². The van der Waals surface area contributed by atoms with Gasteiger partial charge in [0, 0.05) is 37.4 Å². The van der Waals surface area contributed by atoms with Crippen molar-refractivity contribution >= 4 is 28.5 Å². The number of hydrogen-bond donors (Lipinski definition) is 3. The van der Waals surface area contributed by atoms with Crippen LogP contribution in [0.2, 0.25) is 0 Å². The summed E-state index contributed by atoms with van der Waals surface area (Å²) in [7, 11) is 0. The minimum absolute atomic E-state index is 0.0998. The Bertz CT molecular complexity index is 1360. The summed E-state index contributed by atoms with van der Waals surface area (Å²) in [5.41, 5.74) is 4.27. The number of aromatic nitrogens is 1. The zero-order valence-electron chi connectivity index (χ0n) is 20.2. The van der Waals surface area contributed by atoms with Crippen molar-refractivity contribution in [2.45, 2.75) is 39.2 Å². The van der Waals surface area contributed by atoms with Crippen LogP contribution >= 0.6 is 0 Å². The SMILES string of the molecule is CC(=O)N(CCCCCC(=O)O)c1c(-c2ccc(O)cc2)n(Cc2ccccc2)c2ccc(O)cc12. The Kier molecular flexibility index (Phi) is 7.59. The Balaban J connectivity index is 1.88. The first-order chi connectivity index (χ1) is 17.3. The molecule has 0 radical (unpaired) electrons. The molecular weight excluding hydrogens is 456 g/mol. The molecule has 1 heterocycles. The van der Waals surface area contributed by atoms with Crippen molar-refractivity contribution in [1.29, 1.82) is 0 Å². The Morgan fingerprint density at radius 3 is 2.22 bits per heavy atom. The molecule has 3 aromatic carbocycles. The second kappa shape index (κ2) is 11.0. The highest BCUT2D eigenvalue weighted by molar-refractivity contribution is 6.09. The molecule has 0 unspecified atom stereocenters. The third kappa shape index (κ3) is 5.51. The van der Waals surface area contributed by atoms with Crippen LogP contribution in [0.5, 0.6) is 11.5 Å². The van der Waals surface area contributed by atoms with Gasteiger partial charge in [0.25, 0.3) is 0 Å². The molecule has 0 saturated carbocycles. The number of carbonyl (C=O) groups is 2. The Hall–Kier alpha value is -4.26. The lowest BCUT2D eigenvalue weighted by molar-refractivity contribution is -0.137. The van der Waals surface area contributed by atoms with Gasteiger partial charge in [0.15, 0.2) is 0 Å². The fourth-order valence-corrected chi connectivity index (χ4v) is 4.59. The molecule has 36 heavy (non-hydrogen) atoms. The number of aliphatic carboxylic acids is 1. The van der Waals surface area contributed by atoms with Crippen LogP contribution < -0.4 is 4.90 Å². The number of carbonyl (C=O) groups excluding carboxylic acids is 1. The zero-order chi connectivity index (χ0) is 25.7. The van der Waals surface area contributed by atoms with Gasteiger partial charge in [0.05, 0.1) is 16.9 Å². The van der Waals surface area contributed by atoms with Gasteiger partial charge in [-0.1, -0.05) is 36.8 Å². The zero-order valence-corrected chi connectivity index (χ0v) is 20.2. The van der Waals surface area contributed by atoms with E-state index in [9.17, 15) is 19.8 Å².